The molecule has 0 saturated heterocycles. The van der Waals surface area contributed by atoms with E-state index in [1.165, 1.54) is 36.0 Å². The third kappa shape index (κ3) is 9.57. The van der Waals surface area contributed by atoms with Gasteiger partial charge in [-0.25, -0.2) is 4.39 Å². The van der Waals surface area contributed by atoms with Crippen molar-refractivity contribution in [3.8, 4) is 11.1 Å². The van der Waals surface area contributed by atoms with Crippen LogP contribution in [0.3, 0.4) is 0 Å². The first kappa shape index (κ1) is 40.6. The van der Waals surface area contributed by atoms with Gasteiger partial charge in [0.25, 0.3) is 5.56 Å². The highest BCUT2D eigenvalue weighted by Crippen LogP contribution is 2.33. The second-order valence-electron chi connectivity index (χ2n) is 16.2. The van der Waals surface area contributed by atoms with Gasteiger partial charge in [-0.3, -0.25) is 9.59 Å². The smallest absolute Gasteiger partial charge is 0.346 e. The average Bonchev–Trinajstić information content (AvgIpc) is 3.57. The molecule has 3 aromatic carbocycles. The molecule has 0 saturated carbocycles. The van der Waals surface area contributed by atoms with Gasteiger partial charge in [0, 0.05) is 35.4 Å². The lowest BCUT2D eigenvalue weighted by Crippen LogP contribution is -2.63. The van der Waals surface area contributed by atoms with Gasteiger partial charge in [-0.05, 0) is 76.5 Å². The van der Waals surface area contributed by atoms with Crippen LogP contribution in [0.5, 0.6) is 0 Å². The van der Waals surface area contributed by atoms with Crippen LogP contribution in [0.2, 0.25) is 0 Å². The summed E-state index contributed by atoms with van der Waals surface area (Å²) in [6, 6.07) is 18.9. The third-order valence-corrected chi connectivity index (χ3v) is 11.1. The summed E-state index contributed by atoms with van der Waals surface area (Å²) < 4.78 is 55.1. The van der Waals surface area contributed by atoms with Crippen LogP contribution < -0.4 is 5.56 Å². The average molecular weight is 738 g/mol. The highest BCUT2D eigenvalue weighted by Gasteiger charge is 2.37. The number of carbonyl (C=O) groups is 1. The first-order chi connectivity index (χ1) is 24.7. The molecule has 0 N–H and O–H groups in total. The first-order valence-corrected chi connectivity index (χ1v) is 19.0. The van der Waals surface area contributed by atoms with E-state index in [9.17, 15) is 27.2 Å². The number of aromatic nitrogens is 2. The Morgan fingerprint density at radius 2 is 1.36 bits per heavy atom. The minimum Gasteiger partial charge on any atom is -0.346 e. The van der Waals surface area contributed by atoms with E-state index in [4.69, 9.17) is 0 Å². The van der Waals surface area contributed by atoms with E-state index in [0.717, 1.165) is 40.9 Å². The van der Waals surface area contributed by atoms with Crippen molar-refractivity contribution in [1.29, 1.82) is 0 Å². The maximum Gasteiger partial charge on any atom is 0.416 e. The molecule has 53 heavy (non-hydrogen) atoms. The van der Waals surface area contributed by atoms with Crippen molar-refractivity contribution in [2.45, 2.75) is 72.8 Å². The lowest BCUT2D eigenvalue weighted by Gasteiger charge is -2.49. The van der Waals surface area contributed by atoms with Gasteiger partial charge in [0.2, 0.25) is 5.91 Å². The van der Waals surface area contributed by atoms with E-state index in [-0.39, 0.29) is 34.5 Å². The normalized spacial score (nSPS) is 13.6. The Morgan fingerprint density at radius 3 is 1.89 bits per heavy atom. The highest BCUT2D eigenvalue weighted by atomic mass is 32.2. The lowest BCUT2D eigenvalue weighted by atomic mass is 9.54. The molecule has 0 atom stereocenters. The zero-order valence-electron chi connectivity index (χ0n) is 31.9. The van der Waals surface area contributed by atoms with E-state index >= 15 is 0 Å². The molecule has 0 aliphatic heterocycles. The topological polar surface area (TPSA) is 58.4 Å². The molecule has 0 fully saturated rings. The molecule has 5 rings (SSSR count). The standard InChI is InChI=1S/C36H44B6F4N4O2S/c1-33(37,38)50(34(2,39)40)19-18-49(35(41,42)25-12-8-23(9-13-25)24-10-14-26(15-11-24)36(44,45)46)30(51)20-48-29-5-3-4-28(29)31(52)47-32(48)53-21-22-6-16-27(43)17-7-22/h6-17H,3-5,18-21,37-42H2,1-2H3. The van der Waals surface area contributed by atoms with E-state index in [1.807, 2.05) is 49.4 Å². The maximum atomic E-state index is 14.8. The van der Waals surface area contributed by atoms with Crippen molar-refractivity contribution in [2.75, 3.05) is 13.1 Å². The summed E-state index contributed by atoms with van der Waals surface area (Å²) in [6.07, 6.45) is -2.32. The Hall–Kier alpha value is -3.57. The van der Waals surface area contributed by atoms with Crippen LogP contribution >= 0.6 is 11.8 Å². The second-order valence-corrected chi connectivity index (χ2v) is 17.2. The predicted octanol–water partition coefficient (Wildman–Crippen LogP) is 0.936. The van der Waals surface area contributed by atoms with Gasteiger partial charge in [-0.1, -0.05) is 74.1 Å². The van der Waals surface area contributed by atoms with Gasteiger partial charge in [0.05, 0.1) is 5.56 Å². The Balaban J connectivity index is 1.50. The SMILES string of the molecule is BC(B)(C)N(CCN(C(=O)Cn1c(SCc2ccc(F)cc2)nc(=O)c2c1CCC2)C(B)(B)c1ccc(-c2ccc(C(F)(F)F)cc2)cc1)C(B)(B)C. The molecule has 17 heteroatoms. The summed E-state index contributed by atoms with van der Waals surface area (Å²) in [5.41, 5.74) is 3.69. The molecule has 0 spiro atoms. The number of halogens is 4. The van der Waals surface area contributed by atoms with Crippen molar-refractivity contribution < 1.29 is 22.4 Å². The molecule has 1 heterocycles. The minimum atomic E-state index is -4.41. The van der Waals surface area contributed by atoms with Crippen LogP contribution in [0, 0.1) is 5.82 Å². The fourth-order valence-electron chi connectivity index (χ4n) is 7.48. The zero-order chi connectivity index (χ0) is 38.9. The van der Waals surface area contributed by atoms with Crippen LogP contribution in [0.4, 0.5) is 17.6 Å². The molecule has 0 radical (unpaired) electrons. The van der Waals surface area contributed by atoms with Crippen molar-refractivity contribution >= 4 is 64.7 Å². The number of fused-ring (bicyclic) bond motifs is 1. The van der Waals surface area contributed by atoms with Gasteiger partial charge < -0.3 is 14.4 Å². The van der Waals surface area contributed by atoms with Gasteiger partial charge in [0.15, 0.2) is 5.16 Å². The van der Waals surface area contributed by atoms with Crippen molar-refractivity contribution in [3.05, 3.63) is 117 Å². The van der Waals surface area contributed by atoms with E-state index in [1.54, 1.807) is 12.1 Å². The molecule has 1 aliphatic rings. The van der Waals surface area contributed by atoms with Crippen molar-refractivity contribution in [1.82, 2.24) is 19.4 Å². The number of hydrogen-bond acceptors (Lipinski definition) is 5. The second kappa shape index (κ2) is 15.7. The minimum absolute atomic E-state index is 0.0144. The number of nitrogens with zero attached hydrogens (tertiary/aromatic N) is 4. The van der Waals surface area contributed by atoms with Crippen LogP contribution in [0.1, 0.15) is 48.2 Å². The third-order valence-electron chi connectivity index (χ3n) is 10.1. The van der Waals surface area contributed by atoms with Crippen LogP contribution in [0.15, 0.2) is 82.7 Å². The van der Waals surface area contributed by atoms with E-state index in [2.05, 4.69) is 55.1 Å². The number of alkyl halides is 3. The molecule has 1 aliphatic carbocycles. The predicted molar refractivity (Wildman–Crippen MR) is 222 cm³/mol. The van der Waals surface area contributed by atoms with Crippen molar-refractivity contribution in [3.63, 3.8) is 0 Å². The Kier molecular flexibility index (Phi) is 12.0. The van der Waals surface area contributed by atoms with Gasteiger partial charge in [-0.15, -0.1) is 0 Å². The summed E-state index contributed by atoms with van der Waals surface area (Å²) in [5, 5.41) is -0.714. The Morgan fingerprint density at radius 1 is 0.811 bits per heavy atom. The number of hydrogen-bond donors (Lipinski definition) is 0. The maximum absolute atomic E-state index is 14.8. The first-order valence-electron chi connectivity index (χ1n) is 18.0. The molecule has 272 valence electrons. The Labute approximate surface area is 319 Å². The number of benzene rings is 3. The van der Waals surface area contributed by atoms with Crippen LogP contribution in [0.25, 0.3) is 11.1 Å². The van der Waals surface area contributed by atoms with Crippen LogP contribution in [-0.2, 0) is 41.4 Å². The number of thioether (sulfide) groups is 1. The van der Waals surface area contributed by atoms with Gasteiger partial charge in [0.1, 0.15) is 59.4 Å². The molecule has 1 aromatic heterocycles. The molecule has 6 nitrogen and oxygen atoms in total. The summed E-state index contributed by atoms with van der Waals surface area (Å²) in [4.78, 5) is 36.7. The van der Waals surface area contributed by atoms with Gasteiger partial charge in [-0.2, -0.15) is 18.2 Å². The number of amides is 1. The summed E-state index contributed by atoms with van der Waals surface area (Å²) in [5.74, 6) is -0.00939. The molecule has 0 bridgehead atoms. The number of rotatable bonds is 13. The molecule has 1 amide bonds. The van der Waals surface area contributed by atoms with E-state index in [0.29, 0.717) is 48.0 Å². The molecular weight excluding hydrogens is 693 g/mol. The summed E-state index contributed by atoms with van der Waals surface area (Å²) >= 11 is 1.36. The molecule has 0 unspecified atom stereocenters. The fourth-order valence-corrected chi connectivity index (χ4v) is 8.45. The molecular formula is C36H44B6F4N4O2S. The number of carbonyl (C=O) groups excluding carboxylic acids is 1. The zero-order valence-corrected chi connectivity index (χ0v) is 32.7. The van der Waals surface area contributed by atoms with Gasteiger partial charge >= 0.3 is 6.18 Å². The Bertz CT molecular complexity index is 1970. The van der Waals surface area contributed by atoms with Crippen LogP contribution in [-0.4, -0.2) is 96.1 Å². The highest BCUT2D eigenvalue weighted by molar-refractivity contribution is 7.98. The fraction of sp³-hybridized carbons (Fsp3) is 0.361. The summed E-state index contributed by atoms with van der Waals surface area (Å²) in [6.45, 7) is 5.32. The van der Waals surface area contributed by atoms with E-state index < -0.39 is 17.1 Å². The summed E-state index contributed by atoms with van der Waals surface area (Å²) in [7, 11) is 12.7. The van der Waals surface area contributed by atoms with Crippen molar-refractivity contribution in [2.24, 2.45) is 0 Å². The molecule has 4 aromatic rings. The lowest BCUT2D eigenvalue weighted by molar-refractivity contribution is -0.137. The quantitative estimate of drug-likeness (QED) is 0.0886. The monoisotopic (exact) mass is 738 g/mol. The largest absolute Gasteiger partial charge is 0.416 e.